The molecule has 4 heteroatoms. The largest absolute Gasteiger partial charge is 0.496 e. The second-order valence-corrected chi connectivity index (χ2v) is 5.62. The van der Waals surface area contributed by atoms with Crippen molar-refractivity contribution in [3.8, 4) is 11.5 Å². The second kappa shape index (κ2) is 5.39. The molecule has 0 saturated heterocycles. The summed E-state index contributed by atoms with van der Waals surface area (Å²) in [6.07, 6.45) is 2.27. The number of benzene rings is 1. The standard InChI is InChI=1S/C15H24N2O2/c1-11-13(18-3)6-5-12(14(11)19-4)9-17(2)10-15(16)7-8-15/h5-6H,7-10,16H2,1-4H3. The fourth-order valence-corrected chi connectivity index (χ4v) is 2.56. The minimum atomic E-state index is 0.0451. The van der Waals surface area contributed by atoms with E-state index in [1.165, 1.54) is 5.56 Å². The number of nitrogens with two attached hydrogens (primary N) is 1. The van der Waals surface area contributed by atoms with Crippen molar-refractivity contribution in [2.45, 2.75) is 31.8 Å². The van der Waals surface area contributed by atoms with E-state index in [0.717, 1.165) is 43.0 Å². The Morgan fingerprint density at radius 1 is 1.26 bits per heavy atom. The molecule has 2 N–H and O–H groups in total. The zero-order valence-electron chi connectivity index (χ0n) is 12.3. The summed E-state index contributed by atoms with van der Waals surface area (Å²) in [5.41, 5.74) is 8.42. The third kappa shape index (κ3) is 3.19. The van der Waals surface area contributed by atoms with Gasteiger partial charge in [0.2, 0.25) is 0 Å². The van der Waals surface area contributed by atoms with E-state index >= 15 is 0 Å². The van der Waals surface area contributed by atoms with Gasteiger partial charge in [0.1, 0.15) is 11.5 Å². The molecule has 1 fully saturated rings. The molecule has 0 heterocycles. The highest BCUT2D eigenvalue weighted by molar-refractivity contribution is 5.49. The van der Waals surface area contributed by atoms with E-state index in [1.807, 2.05) is 13.0 Å². The lowest BCUT2D eigenvalue weighted by atomic mass is 10.1. The third-order valence-electron chi connectivity index (χ3n) is 3.78. The molecule has 0 amide bonds. The smallest absolute Gasteiger partial charge is 0.129 e. The van der Waals surface area contributed by atoms with E-state index in [2.05, 4.69) is 18.0 Å². The first-order valence-electron chi connectivity index (χ1n) is 6.67. The minimum Gasteiger partial charge on any atom is -0.496 e. The average molecular weight is 264 g/mol. The summed E-state index contributed by atoms with van der Waals surface area (Å²) in [7, 11) is 5.49. The average Bonchev–Trinajstić information content (AvgIpc) is 3.07. The molecule has 0 radical (unpaired) electrons. The maximum atomic E-state index is 6.15. The lowest BCUT2D eigenvalue weighted by molar-refractivity contribution is 0.288. The molecule has 19 heavy (non-hydrogen) atoms. The fraction of sp³-hybridized carbons (Fsp3) is 0.600. The van der Waals surface area contributed by atoms with Crippen LogP contribution in [0.25, 0.3) is 0 Å². The number of hydrogen-bond donors (Lipinski definition) is 1. The van der Waals surface area contributed by atoms with Crippen LogP contribution in [0.5, 0.6) is 11.5 Å². The lowest BCUT2D eigenvalue weighted by Crippen LogP contribution is -2.36. The number of likely N-dealkylation sites (N-methyl/N-ethyl adjacent to an activating group) is 1. The normalized spacial score (nSPS) is 16.5. The second-order valence-electron chi connectivity index (χ2n) is 5.62. The van der Waals surface area contributed by atoms with Gasteiger partial charge in [-0.2, -0.15) is 0 Å². The van der Waals surface area contributed by atoms with E-state index in [0.29, 0.717) is 0 Å². The number of ether oxygens (including phenoxy) is 2. The molecule has 106 valence electrons. The van der Waals surface area contributed by atoms with Crippen LogP contribution in [0.15, 0.2) is 12.1 Å². The molecular weight excluding hydrogens is 240 g/mol. The van der Waals surface area contributed by atoms with Crippen LogP contribution in [0.3, 0.4) is 0 Å². The van der Waals surface area contributed by atoms with Crippen LogP contribution in [-0.2, 0) is 6.54 Å². The number of methoxy groups -OCH3 is 2. The van der Waals surface area contributed by atoms with Gasteiger partial charge < -0.3 is 20.1 Å². The van der Waals surface area contributed by atoms with Crippen molar-refractivity contribution in [3.63, 3.8) is 0 Å². The minimum absolute atomic E-state index is 0.0451. The van der Waals surface area contributed by atoms with Gasteiger partial charge in [0.15, 0.2) is 0 Å². The topological polar surface area (TPSA) is 47.7 Å². The molecule has 1 aliphatic rings. The zero-order chi connectivity index (χ0) is 14.0. The Labute approximate surface area is 115 Å². The molecule has 1 aliphatic carbocycles. The van der Waals surface area contributed by atoms with Crippen molar-refractivity contribution in [2.24, 2.45) is 5.73 Å². The monoisotopic (exact) mass is 264 g/mol. The van der Waals surface area contributed by atoms with Crippen molar-refractivity contribution < 1.29 is 9.47 Å². The van der Waals surface area contributed by atoms with Crippen LogP contribution in [0.4, 0.5) is 0 Å². The first kappa shape index (κ1) is 14.2. The van der Waals surface area contributed by atoms with Gasteiger partial charge in [-0.05, 0) is 32.9 Å². The maximum absolute atomic E-state index is 6.15. The van der Waals surface area contributed by atoms with Crippen molar-refractivity contribution >= 4 is 0 Å². The Morgan fingerprint density at radius 3 is 2.47 bits per heavy atom. The van der Waals surface area contributed by atoms with Gasteiger partial charge in [-0.25, -0.2) is 0 Å². The first-order valence-corrected chi connectivity index (χ1v) is 6.67. The van der Waals surface area contributed by atoms with Gasteiger partial charge in [-0.3, -0.25) is 0 Å². The van der Waals surface area contributed by atoms with Crippen LogP contribution in [-0.4, -0.2) is 38.3 Å². The molecule has 0 aliphatic heterocycles. The molecule has 2 rings (SSSR count). The van der Waals surface area contributed by atoms with Crippen LogP contribution < -0.4 is 15.2 Å². The van der Waals surface area contributed by atoms with Crippen molar-refractivity contribution in [1.82, 2.24) is 4.90 Å². The summed E-state index contributed by atoms with van der Waals surface area (Å²) in [4.78, 5) is 2.26. The molecule has 4 nitrogen and oxygen atoms in total. The molecule has 0 atom stereocenters. The van der Waals surface area contributed by atoms with Gasteiger partial charge in [0.25, 0.3) is 0 Å². The highest BCUT2D eigenvalue weighted by Crippen LogP contribution is 2.35. The number of nitrogens with zero attached hydrogens (tertiary/aromatic N) is 1. The van der Waals surface area contributed by atoms with Crippen molar-refractivity contribution in [1.29, 1.82) is 0 Å². The SMILES string of the molecule is COc1ccc(CN(C)CC2(N)CC2)c(OC)c1C. The Hall–Kier alpha value is -1.26. The summed E-state index contributed by atoms with van der Waals surface area (Å²) < 4.78 is 10.9. The van der Waals surface area contributed by atoms with Gasteiger partial charge in [0, 0.05) is 29.8 Å². The fourth-order valence-electron chi connectivity index (χ4n) is 2.56. The molecule has 0 spiro atoms. The highest BCUT2D eigenvalue weighted by atomic mass is 16.5. The Morgan fingerprint density at radius 2 is 1.95 bits per heavy atom. The van der Waals surface area contributed by atoms with Crippen molar-refractivity contribution in [2.75, 3.05) is 27.8 Å². The molecule has 1 saturated carbocycles. The van der Waals surface area contributed by atoms with E-state index < -0.39 is 0 Å². The third-order valence-corrected chi connectivity index (χ3v) is 3.78. The maximum Gasteiger partial charge on any atom is 0.129 e. The zero-order valence-corrected chi connectivity index (χ0v) is 12.3. The van der Waals surface area contributed by atoms with E-state index in [1.54, 1.807) is 14.2 Å². The predicted octanol–water partition coefficient (Wildman–Crippen LogP) is 1.94. The van der Waals surface area contributed by atoms with Gasteiger partial charge in [0.05, 0.1) is 14.2 Å². The lowest BCUT2D eigenvalue weighted by Gasteiger charge is -2.23. The van der Waals surface area contributed by atoms with Crippen LogP contribution in [0.2, 0.25) is 0 Å². The summed E-state index contributed by atoms with van der Waals surface area (Å²) in [5, 5.41) is 0. The van der Waals surface area contributed by atoms with Crippen molar-refractivity contribution in [3.05, 3.63) is 23.3 Å². The highest BCUT2D eigenvalue weighted by Gasteiger charge is 2.38. The Balaban J connectivity index is 2.13. The van der Waals surface area contributed by atoms with E-state index in [9.17, 15) is 0 Å². The molecule has 1 aromatic rings. The predicted molar refractivity (Wildman–Crippen MR) is 76.8 cm³/mol. The summed E-state index contributed by atoms with van der Waals surface area (Å²) in [6, 6.07) is 4.06. The van der Waals surface area contributed by atoms with E-state index in [4.69, 9.17) is 15.2 Å². The summed E-state index contributed by atoms with van der Waals surface area (Å²) in [6.45, 7) is 3.79. The number of rotatable bonds is 6. The molecular formula is C15H24N2O2. The summed E-state index contributed by atoms with van der Waals surface area (Å²) in [5.74, 6) is 1.77. The Kier molecular flexibility index (Phi) is 4.02. The quantitative estimate of drug-likeness (QED) is 0.853. The first-order chi connectivity index (χ1) is 8.99. The Bertz CT molecular complexity index is 456. The van der Waals surface area contributed by atoms with Gasteiger partial charge in [-0.1, -0.05) is 6.07 Å². The van der Waals surface area contributed by atoms with E-state index in [-0.39, 0.29) is 5.54 Å². The van der Waals surface area contributed by atoms with Gasteiger partial charge >= 0.3 is 0 Å². The molecule has 0 bridgehead atoms. The molecule has 0 unspecified atom stereocenters. The molecule has 0 aromatic heterocycles. The number of hydrogen-bond acceptors (Lipinski definition) is 4. The van der Waals surface area contributed by atoms with Crippen LogP contribution in [0, 0.1) is 6.92 Å². The van der Waals surface area contributed by atoms with Crippen LogP contribution >= 0.6 is 0 Å². The molecule has 1 aromatic carbocycles. The van der Waals surface area contributed by atoms with Gasteiger partial charge in [-0.15, -0.1) is 0 Å². The summed E-state index contributed by atoms with van der Waals surface area (Å²) >= 11 is 0. The van der Waals surface area contributed by atoms with Crippen LogP contribution in [0.1, 0.15) is 24.0 Å².